The number of anilines is 1. The maximum Gasteiger partial charge on any atom is 0.416 e. The van der Waals surface area contributed by atoms with Gasteiger partial charge >= 0.3 is 6.18 Å². The van der Waals surface area contributed by atoms with Crippen LogP contribution in [0.1, 0.15) is 23.8 Å². The third-order valence-corrected chi connectivity index (χ3v) is 7.43. The molecule has 0 N–H and O–H groups in total. The summed E-state index contributed by atoms with van der Waals surface area (Å²) in [6, 6.07) is 25.5. The highest BCUT2D eigenvalue weighted by Gasteiger charge is 2.31. The number of nitrogens with zero attached hydrogens (tertiary/aromatic N) is 4. The molecule has 1 saturated heterocycles. The highest BCUT2D eigenvalue weighted by atomic mass is 19.4. The van der Waals surface area contributed by atoms with E-state index < -0.39 is 11.7 Å². The number of piperazine rings is 1. The van der Waals surface area contributed by atoms with Gasteiger partial charge in [-0.3, -0.25) is 9.80 Å². The average Bonchev–Trinajstić information content (AvgIpc) is 3.47. The Hall–Kier alpha value is -3.82. The lowest BCUT2D eigenvalue weighted by atomic mass is 10.1. The molecule has 4 aromatic rings. The van der Waals surface area contributed by atoms with Crippen molar-refractivity contribution in [3.05, 3.63) is 102 Å². The molecule has 9 heteroatoms. The van der Waals surface area contributed by atoms with Gasteiger partial charge in [0.05, 0.1) is 12.1 Å². The molecule has 3 aromatic carbocycles. The van der Waals surface area contributed by atoms with E-state index in [2.05, 4.69) is 21.9 Å². The fourth-order valence-corrected chi connectivity index (χ4v) is 4.95. The zero-order chi connectivity index (χ0) is 28.7. The smallest absolute Gasteiger partial charge is 0.416 e. The van der Waals surface area contributed by atoms with Crippen molar-refractivity contribution < 1.29 is 22.4 Å². The van der Waals surface area contributed by atoms with E-state index in [-0.39, 0.29) is 0 Å². The quantitative estimate of drug-likeness (QED) is 0.205. The fraction of sp³-hybridized carbons (Fsp3) is 0.344. The van der Waals surface area contributed by atoms with Gasteiger partial charge in [0, 0.05) is 56.6 Å². The first-order chi connectivity index (χ1) is 19.9. The molecule has 0 bridgehead atoms. The van der Waals surface area contributed by atoms with Crippen LogP contribution in [0.2, 0.25) is 0 Å². The summed E-state index contributed by atoms with van der Waals surface area (Å²) in [5.41, 5.74) is 2.90. The summed E-state index contributed by atoms with van der Waals surface area (Å²) in [4.78, 5) is 6.70. The molecule has 1 aromatic heterocycles. The Bertz CT molecular complexity index is 1370. The van der Waals surface area contributed by atoms with Crippen LogP contribution in [0.3, 0.4) is 0 Å². The molecule has 6 nitrogen and oxygen atoms in total. The molecule has 2 heterocycles. The van der Waals surface area contributed by atoms with E-state index in [0.717, 1.165) is 67.1 Å². The number of rotatable bonds is 11. The van der Waals surface area contributed by atoms with Crippen molar-refractivity contribution in [2.45, 2.75) is 26.3 Å². The van der Waals surface area contributed by atoms with Crippen molar-refractivity contribution >= 4 is 5.69 Å². The first-order valence-electron chi connectivity index (χ1n) is 14.0. The molecule has 0 spiro atoms. The van der Waals surface area contributed by atoms with Crippen LogP contribution in [0.4, 0.5) is 18.9 Å². The van der Waals surface area contributed by atoms with Gasteiger partial charge in [0.15, 0.2) is 5.76 Å². The number of alkyl halides is 3. The molecule has 0 saturated carbocycles. The first kappa shape index (κ1) is 28.7. The van der Waals surface area contributed by atoms with Crippen molar-refractivity contribution in [1.29, 1.82) is 0 Å². The number of hydrogen-bond acceptors (Lipinski definition) is 6. The molecule has 5 rings (SSSR count). The van der Waals surface area contributed by atoms with E-state index >= 15 is 0 Å². The van der Waals surface area contributed by atoms with Crippen molar-refractivity contribution in [2.24, 2.45) is 0 Å². The minimum Gasteiger partial charge on any atom is -0.489 e. The second-order valence-corrected chi connectivity index (χ2v) is 10.2. The lowest BCUT2D eigenvalue weighted by molar-refractivity contribution is -0.137. The van der Waals surface area contributed by atoms with Crippen molar-refractivity contribution in [1.82, 2.24) is 15.0 Å². The number of likely N-dealkylation sites (N-methyl/N-ethyl adjacent to an activating group) is 1. The van der Waals surface area contributed by atoms with Crippen LogP contribution in [-0.4, -0.2) is 60.8 Å². The zero-order valence-electron chi connectivity index (χ0n) is 23.2. The summed E-state index contributed by atoms with van der Waals surface area (Å²) in [7, 11) is 0. The summed E-state index contributed by atoms with van der Waals surface area (Å²) in [6.07, 6.45) is -4.33. The molecule has 0 amide bonds. The van der Waals surface area contributed by atoms with E-state index in [1.807, 2.05) is 65.6 Å². The summed E-state index contributed by atoms with van der Waals surface area (Å²) in [5, 5.41) is 4.28. The minimum absolute atomic E-state index is 0.520. The van der Waals surface area contributed by atoms with E-state index in [1.54, 1.807) is 6.07 Å². The predicted molar refractivity (Wildman–Crippen MR) is 154 cm³/mol. The van der Waals surface area contributed by atoms with Crippen LogP contribution >= 0.6 is 0 Å². The standard InChI is InChI=1S/C32H35F3N4O2/c1-2-37(15-16-38-17-19-39(20-18-38)28-10-6-9-27(21-28)32(33,34)35)23-30-22-31(36-41-30)26-11-13-29(14-12-26)40-24-25-7-4-3-5-8-25/h3-14,21-22H,2,15-20,23-24H2,1H3. The Labute approximate surface area is 238 Å². The Morgan fingerprint density at radius 3 is 2.37 bits per heavy atom. The highest BCUT2D eigenvalue weighted by molar-refractivity contribution is 5.59. The Balaban J connectivity index is 1.07. The lowest BCUT2D eigenvalue weighted by Crippen LogP contribution is -2.48. The van der Waals surface area contributed by atoms with Gasteiger partial charge in [0.1, 0.15) is 18.1 Å². The second-order valence-electron chi connectivity index (χ2n) is 10.2. The maximum absolute atomic E-state index is 13.1. The van der Waals surface area contributed by atoms with Gasteiger partial charge in [-0.15, -0.1) is 0 Å². The molecule has 0 aliphatic carbocycles. The maximum atomic E-state index is 13.1. The van der Waals surface area contributed by atoms with Crippen LogP contribution in [-0.2, 0) is 19.3 Å². The number of aromatic nitrogens is 1. The fourth-order valence-electron chi connectivity index (χ4n) is 4.95. The summed E-state index contributed by atoms with van der Waals surface area (Å²) in [5.74, 6) is 1.61. The van der Waals surface area contributed by atoms with Crippen molar-refractivity contribution in [2.75, 3.05) is 50.7 Å². The molecule has 41 heavy (non-hydrogen) atoms. The highest BCUT2D eigenvalue weighted by Crippen LogP contribution is 2.32. The molecular weight excluding hydrogens is 529 g/mol. The van der Waals surface area contributed by atoms with Crippen LogP contribution in [0.5, 0.6) is 5.75 Å². The largest absolute Gasteiger partial charge is 0.489 e. The van der Waals surface area contributed by atoms with Crippen LogP contribution < -0.4 is 9.64 Å². The van der Waals surface area contributed by atoms with Crippen LogP contribution in [0.25, 0.3) is 11.3 Å². The molecular formula is C32H35F3N4O2. The van der Waals surface area contributed by atoms with Gasteiger partial charge in [-0.1, -0.05) is 48.5 Å². The van der Waals surface area contributed by atoms with E-state index in [4.69, 9.17) is 9.26 Å². The Kier molecular flexibility index (Phi) is 9.26. The average molecular weight is 565 g/mol. The lowest BCUT2D eigenvalue weighted by Gasteiger charge is -2.37. The van der Waals surface area contributed by atoms with Gasteiger partial charge in [-0.25, -0.2) is 0 Å². The van der Waals surface area contributed by atoms with Crippen molar-refractivity contribution in [3.8, 4) is 17.0 Å². The van der Waals surface area contributed by atoms with Gasteiger partial charge in [0.25, 0.3) is 0 Å². The summed E-state index contributed by atoms with van der Waals surface area (Å²) < 4.78 is 50.8. The third-order valence-electron chi connectivity index (χ3n) is 7.43. The molecule has 1 aliphatic heterocycles. The molecule has 0 unspecified atom stereocenters. The number of halogens is 3. The van der Waals surface area contributed by atoms with Crippen molar-refractivity contribution in [3.63, 3.8) is 0 Å². The topological polar surface area (TPSA) is 45.0 Å². The molecule has 0 radical (unpaired) electrons. The number of ether oxygens (including phenoxy) is 1. The second kappa shape index (κ2) is 13.2. The van der Waals surface area contributed by atoms with Gasteiger partial charge in [-0.2, -0.15) is 13.2 Å². The molecule has 1 fully saturated rings. The first-order valence-corrected chi connectivity index (χ1v) is 14.0. The zero-order valence-corrected chi connectivity index (χ0v) is 23.2. The van der Waals surface area contributed by atoms with Gasteiger partial charge < -0.3 is 14.2 Å². The molecule has 1 aliphatic rings. The van der Waals surface area contributed by atoms with Crippen LogP contribution in [0.15, 0.2) is 89.5 Å². The third kappa shape index (κ3) is 7.89. The van der Waals surface area contributed by atoms with Gasteiger partial charge in [0.2, 0.25) is 0 Å². The van der Waals surface area contributed by atoms with Gasteiger partial charge in [-0.05, 0) is 54.6 Å². The predicted octanol–water partition coefficient (Wildman–Crippen LogP) is 6.58. The monoisotopic (exact) mass is 564 g/mol. The van der Waals surface area contributed by atoms with E-state index in [0.29, 0.717) is 31.9 Å². The summed E-state index contributed by atoms with van der Waals surface area (Å²) >= 11 is 0. The normalized spacial score (nSPS) is 14.5. The summed E-state index contributed by atoms with van der Waals surface area (Å²) in [6.45, 7) is 8.95. The minimum atomic E-state index is -4.33. The molecule has 0 atom stereocenters. The Morgan fingerprint density at radius 2 is 1.66 bits per heavy atom. The van der Waals surface area contributed by atoms with E-state index in [1.165, 1.54) is 12.1 Å². The van der Waals surface area contributed by atoms with Crippen LogP contribution in [0, 0.1) is 0 Å². The molecule has 216 valence electrons. The Morgan fingerprint density at radius 1 is 0.902 bits per heavy atom. The number of hydrogen-bond donors (Lipinski definition) is 0. The SMILES string of the molecule is CCN(CCN1CCN(c2cccc(C(F)(F)F)c2)CC1)Cc1cc(-c2ccc(OCc3ccccc3)cc2)no1. The number of benzene rings is 3. The van der Waals surface area contributed by atoms with E-state index in [9.17, 15) is 13.2 Å².